The average Bonchev–Trinajstić information content (AvgIpc) is 2.92. The molecule has 25 heavy (non-hydrogen) atoms. The van der Waals surface area contributed by atoms with E-state index in [0.717, 1.165) is 27.8 Å². The van der Waals surface area contributed by atoms with Crippen LogP contribution in [0.2, 0.25) is 0 Å². The average molecular weight is 350 g/mol. The van der Waals surface area contributed by atoms with E-state index in [-0.39, 0.29) is 24.4 Å². The molecule has 0 saturated carbocycles. The highest BCUT2D eigenvalue weighted by Crippen LogP contribution is 2.39. The van der Waals surface area contributed by atoms with Crippen LogP contribution in [0.15, 0.2) is 36.4 Å². The van der Waals surface area contributed by atoms with Crippen LogP contribution < -0.4 is 5.43 Å². The van der Waals surface area contributed by atoms with Gasteiger partial charge in [0.1, 0.15) is 6.04 Å². The van der Waals surface area contributed by atoms with Crippen LogP contribution >= 0.6 is 0 Å². The van der Waals surface area contributed by atoms with Crippen LogP contribution in [-0.2, 0) is 11.2 Å². The molecular formula is C19H21F3N2O. The number of nitrogens with zero attached hydrogens (tertiary/aromatic N) is 1. The molecule has 1 amide bonds. The number of fused-ring (bicyclic) bond motifs is 1. The molecular weight excluding hydrogens is 329 g/mol. The fourth-order valence-corrected chi connectivity index (χ4v) is 3.38. The lowest BCUT2D eigenvalue weighted by Crippen LogP contribution is -2.43. The Bertz CT molecular complexity index is 786. The Labute approximate surface area is 144 Å². The van der Waals surface area contributed by atoms with E-state index in [4.69, 9.17) is 0 Å². The van der Waals surface area contributed by atoms with E-state index in [0.29, 0.717) is 5.92 Å². The van der Waals surface area contributed by atoms with E-state index in [2.05, 4.69) is 19.3 Å². The van der Waals surface area contributed by atoms with Gasteiger partial charge in [-0.1, -0.05) is 44.2 Å². The quantitative estimate of drug-likeness (QED) is 0.888. The summed E-state index contributed by atoms with van der Waals surface area (Å²) in [4.78, 5) is 11.4. The van der Waals surface area contributed by atoms with Gasteiger partial charge >= 0.3 is 6.18 Å². The highest BCUT2D eigenvalue weighted by molar-refractivity contribution is 5.86. The van der Waals surface area contributed by atoms with Crippen molar-refractivity contribution in [2.45, 2.75) is 38.9 Å². The predicted molar refractivity (Wildman–Crippen MR) is 90.8 cm³/mol. The summed E-state index contributed by atoms with van der Waals surface area (Å²) in [5, 5.41) is 2.76. The lowest BCUT2D eigenvalue weighted by Gasteiger charge is -2.29. The zero-order valence-electron chi connectivity index (χ0n) is 14.2. The number of hydrogen-bond donors (Lipinski definition) is 1. The van der Waals surface area contributed by atoms with Crippen molar-refractivity contribution < 1.29 is 18.0 Å². The molecule has 1 aliphatic rings. The van der Waals surface area contributed by atoms with Crippen molar-refractivity contribution >= 4 is 16.7 Å². The maximum atomic E-state index is 13.7. The number of nitrogens with one attached hydrogen (secondary N) is 1. The van der Waals surface area contributed by atoms with Crippen molar-refractivity contribution in [1.29, 1.82) is 0 Å². The van der Waals surface area contributed by atoms with E-state index in [1.54, 1.807) is 12.1 Å². The number of benzene rings is 2. The number of carbonyl (C=O) groups excluding carboxylic acids is 1. The lowest BCUT2D eigenvalue weighted by atomic mass is 9.94. The van der Waals surface area contributed by atoms with Crippen LogP contribution in [-0.4, -0.2) is 23.6 Å². The normalized spacial score (nSPS) is 17.3. The third kappa shape index (κ3) is 3.79. The summed E-state index contributed by atoms with van der Waals surface area (Å²) in [5.74, 6) is 0.0288. The van der Waals surface area contributed by atoms with Crippen molar-refractivity contribution in [2.24, 2.45) is 5.92 Å². The Morgan fingerprint density at radius 2 is 1.96 bits per heavy atom. The number of rotatable bonds is 4. The Kier molecular flexibility index (Phi) is 4.73. The zero-order chi connectivity index (χ0) is 18.2. The van der Waals surface area contributed by atoms with Gasteiger partial charge in [-0.25, -0.2) is 5.01 Å². The minimum Gasteiger partial charge on any atom is -0.288 e. The first-order valence-corrected chi connectivity index (χ1v) is 8.40. The number of alkyl halides is 3. The van der Waals surface area contributed by atoms with Crippen molar-refractivity contribution in [3.63, 3.8) is 0 Å². The highest BCUT2D eigenvalue weighted by Gasteiger charge is 2.46. The fourth-order valence-electron chi connectivity index (χ4n) is 3.38. The van der Waals surface area contributed by atoms with Crippen LogP contribution in [0.25, 0.3) is 10.8 Å². The Morgan fingerprint density at radius 3 is 2.56 bits per heavy atom. The molecule has 6 heteroatoms. The monoisotopic (exact) mass is 350 g/mol. The summed E-state index contributed by atoms with van der Waals surface area (Å²) in [5.41, 5.74) is 3.52. The van der Waals surface area contributed by atoms with Gasteiger partial charge in [-0.3, -0.25) is 10.2 Å². The van der Waals surface area contributed by atoms with E-state index in [1.165, 1.54) is 6.07 Å². The molecule has 1 N–H and O–H groups in total. The number of hydrogen-bond acceptors (Lipinski definition) is 2. The number of hydrazine groups is 1. The number of amides is 1. The molecule has 2 aromatic rings. The van der Waals surface area contributed by atoms with Gasteiger partial charge in [-0.15, -0.1) is 0 Å². The minimum atomic E-state index is -4.47. The fraction of sp³-hybridized carbons (Fsp3) is 0.421. The third-order valence-electron chi connectivity index (χ3n) is 4.41. The topological polar surface area (TPSA) is 32.3 Å². The molecule has 3 rings (SSSR count). The van der Waals surface area contributed by atoms with Crippen molar-refractivity contribution in [1.82, 2.24) is 10.4 Å². The van der Waals surface area contributed by atoms with E-state index < -0.39 is 12.2 Å². The van der Waals surface area contributed by atoms with Crippen LogP contribution in [0, 0.1) is 5.92 Å². The zero-order valence-corrected chi connectivity index (χ0v) is 14.2. The van der Waals surface area contributed by atoms with Gasteiger partial charge < -0.3 is 0 Å². The van der Waals surface area contributed by atoms with E-state index in [1.807, 2.05) is 18.2 Å². The second-order valence-corrected chi connectivity index (χ2v) is 6.92. The maximum Gasteiger partial charge on any atom is 0.409 e. The second kappa shape index (κ2) is 6.67. The van der Waals surface area contributed by atoms with Crippen LogP contribution in [0.3, 0.4) is 0 Å². The highest BCUT2D eigenvalue weighted by atomic mass is 19.4. The lowest BCUT2D eigenvalue weighted by molar-refractivity contribution is -0.191. The molecule has 0 bridgehead atoms. The molecule has 0 aliphatic carbocycles. The van der Waals surface area contributed by atoms with Crippen molar-refractivity contribution in [3.8, 4) is 0 Å². The van der Waals surface area contributed by atoms with Gasteiger partial charge in [0.2, 0.25) is 5.91 Å². The van der Waals surface area contributed by atoms with Crippen molar-refractivity contribution in [2.75, 3.05) is 6.54 Å². The van der Waals surface area contributed by atoms with Gasteiger partial charge in [0.05, 0.1) is 0 Å². The molecule has 134 valence electrons. The summed E-state index contributed by atoms with van der Waals surface area (Å²) in [7, 11) is 0. The number of halogens is 3. The predicted octanol–water partition coefficient (Wildman–Crippen LogP) is 4.38. The standard InChI is InChI=1S/C19H21F3N2O/c1-12(2)10-14-5-3-4-13-6-7-15(11-16(13)14)18(19(20,21)22)24-9-8-17(25)23-24/h3-7,11-12,18H,8-10H2,1-2H3,(H,23,25). The molecule has 0 radical (unpaired) electrons. The van der Waals surface area contributed by atoms with Crippen molar-refractivity contribution in [3.05, 3.63) is 47.5 Å². The van der Waals surface area contributed by atoms with Gasteiger partial charge in [0.15, 0.2) is 0 Å². The van der Waals surface area contributed by atoms with Gasteiger partial charge in [0, 0.05) is 13.0 Å². The largest absolute Gasteiger partial charge is 0.409 e. The van der Waals surface area contributed by atoms with Crippen LogP contribution in [0.1, 0.15) is 37.4 Å². The smallest absolute Gasteiger partial charge is 0.288 e. The maximum absolute atomic E-state index is 13.7. The van der Waals surface area contributed by atoms with E-state index in [9.17, 15) is 18.0 Å². The van der Waals surface area contributed by atoms with Crippen LogP contribution in [0.4, 0.5) is 13.2 Å². The SMILES string of the molecule is CC(C)Cc1cccc2ccc(C(N3CCC(=O)N3)C(F)(F)F)cc12. The van der Waals surface area contributed by atoms with Gasteiger partial charge in [-0.2, -0.15) is 13.2 Å². The molecule has 1 atom stereocenters. The summed E-state index contributed by atoms with van der Waals surface area (Å²) >= 11 is 0. The molecule has 3 nitrogen and oxygen atoms in total. The molecule has 1 fully saturated rings. The summed E-state index contributed by atoms with van der Waals surface area (Å²) < 4.78 is 41.1. The minimum absolute atomic E-state index is 0.0503. The summed E-state index contributed by atoms with van der Waals surface area (Å²) in [6.07, 6.45) is -3.59. The summed E-state index contributed by atoms with van der Waals surface area (Å²) in [6, 6.07) is 8.82. The first kappa shape index (κ1) is 17.7. The second-order valence-electron chi connectivity index (χ2n) is 6.92. The molecule has 2 aromatic carbocycles. The molecule has 1 unspecified atom stereocenters. The van der Waals surface area contributed by atoms with Gasteiger partial charge in [-0.05, 0) is 40.3 Å². The molecule has 0 spiro atoms. The first-order valence-electron chi connectivity index (χ1n) is 8.40. The molecule has 1 heterocycles. The van der Waals surface area contributed by atoms with Crippen LogP contribution in [0.5, 0.6) is 0 Å². The first-order chi connectivity index (χ1) is 11.8. The molecule has 1 saturated heterocycles. The van der Waals surface area contributed by atoms with Gasteiger partial charge in [0.25, 0.3) is 0 Å². The Balaban J connectivity index is 2.07. The molecule has 0 aromatic heterocycles. The number of carbonyl (C=O) groups is 1. The Hall–Kier alpha value is -2.08. The summed E-state index contributed by atoms with van der Waals surface area (Å²) in [6.45, 7) is 4.22. The third-order valence-corrected chi connectivity index (χ3v) is 4.41. The van der Waals surface area contributed by atoms with E-state index >= 15 is 0 Å². The molecule has 1 aliphatic heterocycles. The Morgan fingerprint density at radius 1 is 1.20 bits per heavy atom.